The molecule has 1 aliphatic carbocycles. The molecule has 2 saturated heterocycles. The van der Waals surface area contributed by atoms with E-state index < -0.39 is 0 Å². The highest BCUT2D eigenvalue weighted by molar-refractivity contribution is 4.99. The van der Waals surface area contributed by atoms with Crippen LogP contribution in [0.15, 0.2) is 67.0 Å². The molecule has 3 fully saturated rings. The van der Waals surface area contributed by atoms with E-state index in [0.717, 1.165) is 0 Å². The van der Waals surface area contributed by atoms with Crippen molar-refractivity contribution in [3.8, 4) is 0 Å². The Bertz CT molecular complexity index is 364. The normalized spacial score (nSPS) is 17.4. The van der Waals surface area contributed by atoms with Crippen LogP contribution in [-0.4, -0.2) is 31.2 Å². The fraction of sp³-hybridized carbons (Fsp3) is 0.577. The molecule has 0 atom stereocenters. The second-order valence-corrected chi connectivity index (χ2v) is 7.57. The molecule has 2 N–H and O–H groups in total. The quantitative estimate of drug-likeness (QED) is 0.552. The minimum Gasteiger partial charge on any atom is -0.317 e. The molecule has 0 spiro atoms. The molecule has 0 unspecified atom stereocenters. The molecule has 1 saturated carbocycles. The molecular formula is C26H43N3. The highest BCUT2D eigenvalue weighted by atomic mass is 14.9. The van der Waals surface area contributed by atoms with Crippen molar-refractivity contribution >= 4 is 0 Å². The first kappa shape index (κ1) is 25.3. The highest BCUT2D eigenvalue weighted by Gasteiger charge is 1.95. The smallest absolute Gasteiger partial charge is 0.0267 e. The molecule has 29 heavy (non-hydrogen) atoms. The van der Waals surface area contributed by atoms with Gasteiger partial charge in [-0.15, -0.1) is 0 Å². The van der Waals surface area contributed by atoms with Crippen molar-refractivity contribution < 1.29 is 0 Å². The van der Waals surface area contributed by atoms with Crippen molar-refractivity contribution in [3.05, 3.63) is 67.0 Å². The lowest BCUT2D eigenvalue weighted by molar-refractivity contribution is 0.504. The monoisotopic (exact) mass is 397 g/mol. The molecule has 2 aromatic rings. The molecule has 2 aliphatic heterocycles. The largest absolute Gasteiger partial charge is 0.317 e. The molecule has 3 nitrogen and oxygen atoms in total. The predicted molar refractivity (Wildman–Crippen MR) is 127 cm³/mol. The Balaban J connectivity index is 0.000000182. The summed E-state index contributed by atoms with van der Waals surface area (Å²) in [5.74, 6) is 0. The van der Waals surface area contributed by atoms with E-state index in [1.54, 1.807) is 12.4 Å². The Morgan fingerprint density at radius 1 is 0.345 bits per heavy atom. The van der Waals surface area contributed by atoms with Crippen molar-refractivity contribution in [2.45, 2.75) is 70.6 Å². The lowest BCUT2D eigenvalue weighted by Crippen LogP contribution is -2.21. The molecule has 3 heterocycles. The van der Waals surface area contributed by atoms with Crippen LogP contribution >= 0.6 is 0 Å². The number of nitrogens with zero attached hydrogens (tertiary/aromatic N) is 1. The van der Waals surface area contributed by atoms with Gasteiger partial charge in [0.15, 0.2) is 0 Å². The van der Waals surface area contributed by atoms with Gasteiger partial charge in [0.1, 0.15) is 0 Å². The van der Waals surface area contributed by atoms with Crippen LogP contribution in [-0.2, 0) is 0 Å². The van der Waals surface area contributed by atoms with E-state index in [2.05, 4.69) is 15.6 Å². The standard InChI is InChI=1S/C6H12.C6H6.C5H11N.C5H5N.C4H9N/c4*1-2-4-6-5-3-1;1-2-4-5-3-1/h1-6H2;1-6H;6H,1-5H2;1-5H;5H,1-4H2. The van der Waals surface area contributed by atoms with Crippen LogP contribution in [0, 0.1) is 0 Å². The highest BCUT2D eigenvalue weighted by Crippen LogP contribution is 2.15. The molecule has 0 amide bonds. The summed E-state index contributed by atoms with van der Waals surface area (Å²) in [5, 5.41) is 6.51. The number of piperidine rings is 1. The van der Waals surface area contributed by atoms with E-state index in [4.69, 9.17) is 0 Å². The lowest BCUT2D eigenvalue weighted by Gasteiger charge is -2.08. The molecular weight excluding hydrogens is 354 g/mol. The van der Waals surface area contributed by atoms with Gasteiger partial charge >= 0.3 is 0 Å². The first-order valence-electron chi connectivity index (χ1n) is 11.8. The summed E-state index contributed by atoms with van der Waals surface area (Å²) < 4.78 is 0. The third-order valence-corrected chi connectivity index (χ3v) is 4.90. The van der Waals surface area contributed by atoms with Crippen LogP contribution in [0.25, 0.3) is 0 Å². The molecule has 0 radical (unpaired) electrons. The summed E-state index contributed by atoms with van der Waals surface area (Å²) in [6.07, 6.45) is 19.5. The summed E-state index contributed by atoms with van der Waals surface area (Å²) in [5.41, 5.74) is 0. The van der Waals surface area contributed by atoms with Crippen molar-refractivity contribution in [1.29, 1.82) is 0 Å². The van der Waals surface area contributed by atoms with E-state index in [-0.39, 0.29) is 0 Å². The minimum atomic E-state index is 1.25. The van der Waals surface area contributed by atoms with E-state index in [0.29, 0.717) is 0 Å². The molecule has 3 aliphatic rings. The van der Waals surface area contributed by atoms with Crippen LogP contribution in [0.1, 0.15) is 70.6 Å². The second-order valence-electron chi connectivity index (χ2n) is 7.57. The molecule has 1 aromatic heterocycles. The zero-order valence-corrected chi connectivity index (χ0v) is 18.4. The molecule has 1 aromatic carbocycles. The Kier molecular flexibility index (Phi) is 19.7. The van der Waals surface area contributed by atoms with Gasteiger partial charge in [-0.1, -0.05) is 87.4 Å². The van der Waals surface area contributed by atoms with E-state index >= 15 is 0 Å². The van der Waals surface area contributed by atoms with Crippen molar-refractivity contribution in [3.63, 3.8) is 0 Å². The van der Waals surface area contributed by atoms with Crippen LogP contribution in [0.3, 0.4) is 0 Å². The fourth-order valence-electron chi connectivity index (χ4n) is 3.18. The summed E-state index contributed by atoms with van der Waals surface area (Å²) in [6, 6.07) is 17.7. The van der Waals surface area contributed by atoms with Crippen LogP contribution in [0.2, 0.25) is 0 Å². The van der Waals surface area contributed by atoms with Gasteiger partial charge in [-0.25, -0.2) is 0 Å². The lowest BCUT2D eigenvalue weighted by atomic mass is 10.0. The number of hydrogen-bond acceptors (Lipinski definition) is 3. The van der Waals surface area contributed by atoms with Crippen LogP contribution < -0.4 is 10.6 Å². The summed E-state index contributed by atoms with van der Waals surface area (Å²) in [7, 11) is 0. The number of aromatic nitrogens is 1. The van der Waals surface area contributed by atoms with Gasteiger partial charge in [0, 0.05) is 12.4 Å². The topological polar surface area (TPSA) is 37.0 Å². The fourth-order valence-corrected chi connectivity index (χ4v) is 3.18. The minimum absolute atomic E-state index is 1.25. The maximum atomic E-state index is 3.78. The maximum absolute atomic E-state index is 3.78. The maximum Gasteiger partial charge on any atom is 0.0267 e. The first-order chi connectivity index (χ1) is 14.5. The summed E-state index contributed by atoms with van der Waals surface area (Å²) >= 11 is 0. The van der Waals surface area contributed by atoms with Crippen molar-refractivity contribution in [2.24, 2.45) is 0 Å². The van der Waals surface area contributed by atoms with Crippen molar-refractivity contribution in [1.82, 2.24) is 15.6 Å². The molecule has 5 rings (SSSR count). The van der Waals surface area contributed by atoms with Gasteiger partial charge in [-0.2, -0.15) is 0 Å². The average Bonchev–Trinajstić information content (AvgIpc) is 3.45. The third-order valence-electron chi connectivity index (χ3n) is 4.90. The van der Waals surface area contributed by atoms with Crippen LogP contribution in [0.5, 0.6) is 0 Å². The number of benzene rings is 1. The van der Waals surface area contributed by atoms with Crippen molar-refractivity contribution in [2.75, 3.05) is 26.2 Å². The van der Waals surface area contributed by atoms with Crippen LogP contribution in [0.4, 0.5) is 0 Å². The van der Waals surface area contributed by atoms with Gasteiger partial charge in [-0.05, 0) is 64.0 Å². The van der Waals surface area contributed by atoms with Gasteiger partial charge in [-0.3, -0.25) is 4.98 Å². The number of rotatable bonds is 0. The second kappa shape index (κ2) is 22.6. The third kappa shape index (κ3) is 20.8. The van der Waals surface area contributed by atoms with E-state index in [9.17, 15) is 0 Å². The van der Waals surface area contributed by atoms with E-state index in [1.807, 2.05) is 54.6 Å². The van der Waals surface area contributed by atoms with Gasteiger partial charge in [0.25, 0.3) is 0 Å². The predicted octanol–water partition coefficient (Wildman–Crippen LogP) is 6.24. The Morgan fingerprint density at radius 3 is 0.793 bits per heavy atom. The first-order valence-corrected chi connectivity index (χ1v) is 11.8. The van der Waals surface area contributed by atoms with Gasteiger partial charge < -0.3 is 10.6 Å². The number of pyridine rings is 1. The van der Waals surface area contributed by atoms with Gasteiger partial charge in [0.2, 0.25) is 0 Å². The summed E-state index contributed by atoms with van der Waals surface area (Å²) in [6.45, 7) is 5.00. The zero-order chi connectivity index (χ0) is 20.5. The Hall–Kier alpha value is -1.71. The average molecular weight is 398 g/mol. The Labute approximate surface area is 179 Å². The molecule has 0 bridgehead atoms. The van der Waals surface area contributed by atoms with Gasteiger partial charge in [0.05, 0.1) is 0 Å². The SMILES string of the molecule is C1CCCCC1.C1CCNC1.C1CCNCC1.c1ccccc1.c1ccncc1. The zero-order valence-electron chi connectivity index (χ0n) is 18.4. The number of hydrogen-bond donors (Lipinski definition) is 2. The molecule has 3 heteroatoms. The molecule has 162 valence electrons. The summed E-state index contributed by atoms with van der Waals surface area (Å²) in [4.78, 5) is 3.78. The number of nitrogens with one attached hydrogen (secondary N) is 2. The Morgan fingerprint density at radius 2 is 0.621 bits per heavy atom. The van der Waals surface area contributed by atoms with E-state index in [1.165, 1.54) is 96.8 Å².